The third-order valence-electron chi connectivity index (χ3n) is 5.82. The van der Waals surface area contributed by atoms with Crippen molar-refractivity contribution in [2.75, 3.05) is 19.9 Å². The highest BCUT2D eigenvalue weighted by atomic mass is 127. The molecule has 1 aromatic carbocycles. The van der Waals surface area contributed by atoms with Gasteiger partial charge in [0, 0.05) is 37.9 Å². The van der Waals surface area contributed by atoms with Gasteiger partial charge in [0.1, 0.15) is 0 Å². The lowest BCUT2D eigenvalue weighted by molar-refractivity contribution is -0.133. The van der Waals surface area contributed by atoms with E-state index in [1.165, 1.54) is 6.26 Å². The van der Waals surface area contributed by atoms with E-state index in [1.807, 2.05) is 19.1 Å². The molecule has 6 nitrogen and oxygen atoms in total. The van der Waals surface area contributed by atoms with Crippen LogP contribution >= 0.6 is 24.0 Å². The highest BCUT2D eigenvalue weighted by molar-refractivity contribution is 14.0. The Bertz CT molecular complexity index is 746. The highest BCUT2D eigenvalue weighted by Gasteiger charge is 2.53. The molecule has 0 aromatic heterocycles. The molecule has 0 saturated heterocycles. The average Bonchev–Trinajstić information content (AvgIpc) is 2.64. The molecule has 28 heavy (non-hydrogen) atoms. The lowest BCUT2D eigenvalue weighted by Gasteiger charge is -2.55. The fourth-order valence-electron chi connectivity index (χ4n) is 3.98. The van der Waals surface area contributed by atoms with Crippen molar-refractivity contribution in [3.8, 4) is 0 Å². The maximum absolute atomic E-state index is 11.6. The van der Waals surface area contributed by atoms with E-state index in [0.29, 0.717) is 23.6 Å². The van der Waals surface area contributed by atoms with E-state index >= 15 is 0 Å². The zero-order valence-electron chi connectivity index (χ0n) is 17.5. The van der Waals surface area contributed by atoms with Crippen LogP contribution in [0.3, 0.4) is 0 Å². The topological polar surface area (TPSA) is 79.8 Å². The number of aliphatic imine (C=N–C) groups is 1. The summed E-state index contributed by atoms with van der Waals surface area (Å²) in [4.78, 5) is 4.68. The molecule has 0 spiro atoms. The first kappa shape index (κ1) is 25.2. The summed E-state index contributed by atoms with van der Waals surface area (Å²) in [6.07, 6.45) is 4.63. The minimum Gasteiger partial charge on any atom is -0.378 e. The van der Waals surface area contributed by atoms with Crippen LogP contribution in [-0.2, 0) is 21.1 Å². The summed E-state index contributed by atoms with van der Waals surface area (Å²) < 4.78 is 29.0. The van der Waals surface area contributed by atoms with Crippen molar-refractivity contribution in [3.05, 3.63) is 29.8 Å². The molecule has 1 aromatic rings. The third kappa shape index (κ3) is 5.60. The van der Waals surface area contributed by atoms with Crippen LogP contribution in [0.5, 0.6) is 0 Å². The number of hydrogen-bond donors (Lipinski definition) is 2. The van der Waals surface area contributed by atoms with Crippen LogP contribution in [0.25, 0.3) is 0 Å². The van der Waals surface area contributed by atoms with Gasteiger partial charge < -0.3 is 15.4 Å². The lowest BCUT2D eigenvalue weighted by atomic mass is 9.58. The summed E-state index contributed by atoms with van der Waals surface area (Å²) in [5, 5.41) is 6.88. The van der Waals surface area contributed by atoms with Gasteiger partial charge in [-0.05, 0) is 43.9 Å². The molecule has 0 radical (unpaired) electrons. The van der Waals surface area contributed by atoms with Crippen molar-refractivity contribution >= 4 is 39.8 Å². The van der Waals surface area contributed by atoms with Gasteiger partial charge in [-0.1, -0.05) is 26.0 Å². The monoisotopic (exact) mass is 523 g/mol. The Morgan fingerprint density at radius 1 is 1.21 bits per heavy atom. The molecule has 1 fully saturated rings. The normalized spacial score (nSPS) is 21.4. The zero-order chi connectivity index (χ0) is 20.1. The number of sulfone groups is 1. The summed E-state index contributed by atoms with van der Waals surface area (Å²) in [7, 11) is -1.40. The van der Waals surface area contributed by atoms with Crippen molar-refractivity contribution in [2.45, 2.75) is 63.6 Å². The largest absolute Gasteiger partial charge is 0.378 e. The summed E-state index contributed by atoms with van der Waals surface area (Å²) in [6, 6.07) is 7.27. The molecule has 2 rings (SSSR count). The van der Waals surface area contributed by atoms with Gasteiger partial charge in [-0.25, -0.2) is 8.42 Å². The van der Waals surface area contributed by atoms with Crippen LogP contribution < -0.4 is 10.6 Å². The van der Waals surface area contributed by atoms with Crippen LogP contribution in [-0.4, -0.2) is 46.4 Å². The van der Waals surface area contributed by atoms with Crippen molar-refractivity contribution < 1.29 is 13.2 Å². The first-order valence-corrected chi connectivity index (χ1v) is 11.6. The van der Waals surface area contributed by atoms with Gasteiger partial charge in [0.2, 0.25) is 0 Å². The third-order valence-corrected chi connectivity index (χ3v) is 6.94. The molecule has 1 aliphatic carbocycles. The lowest BCUT2D eigenvalue weighted by Crippen LogP contribution is -2.65. The molecule has 0 heterocycles. The van der Waals surface area contributed by atoms with Crippen molar-refractivity contribution in [2.24, 2.45) is 10.4 Å². The molecular weight excluding hydrogens is 489 g/mol. The second-order valence-electron chi connectivity index (χ2n) is 7.16. The molecular formula is C20H34IN3O3S. The second-order valence-corrected chi connectivity index (χ2v) is 9.17. The minimum absolute atomic E-state index is 0. The molecule has 160 valence electrons. The Morgan fingerprint density at radius 2 is 1.82 bits per heavy atom. The van der Waals surface area contributed by atoms with Crippen LogP contribution in [0.4, 0.5) is 0 Å². The Hall–Kier alpha value is -0.870. The van der Waals surface area contributed by atoms with E-state index in [1.54, 1.807) is 19.2 Å². The molecule has 2 N–H and O–H groups in total. The zero-order valence-corrected chi connectivity index (χ0v) is 20.6. The standard InChI is InChI=1S/C20H33N3O3S.HI/c1-6-20(7-2)17(13-18(20)26-8-3)23-19(21-4)22-14-15-9-11-16(12-10-15)27(5,24)25;/h9-12,17-18H,6-8,13-14H2,1-5H3,(H2,21,22,23);1H. The van der Waals surface area contributed by atoms with E-state index in [9.17, 15) is 8.42 Å². The van der Waals surface area contributed by atoms with Crippen LogP contribution in [0.2, 0.25) is 0 Å². The van der Waals surface area contributed by atoms with Gasteiger partial charge in [-0.3, -0.25) is 4.99 Å². The van der Waals surface area contributed by atoms with E-state index in [2.05, 4.69) is 29.5 Å². The summed E-state index contributed by atoms with van der Waals surface area (Å²) >= 11 is 0. The number of nitrogens with one attached hydrogen (secondary N) is 2. The number of guanidine groups is 1. The van der Waals surface area contributed by atoms with Gasteiger partial charge in [-0.15, -0.1) is 24.0 Å². The molecule has 2 unspecified atom stereocenters. The maximum atomic E-state index is 11.6. The average molecular weight is 523 g/mol. The van der Waals surface area contributed by atoms with Crippen LogP contribution in [0.15, 0.2) is 34.2 Å². The van der Waals surface area contributed by atoms with E-state index in [-0.39, 0.29) is 29.4 Å². The summed E-state index contributed by atoms with van der Waals surface area (Å²) in [6.45, 7) is 7.82. The number of nitrogens with zero attached hydrogens (tertiary/aromatic N) is 1. The Kier molecular flexibility index (Phi) is 9.69. The molecule has 2 atom stereocenters. The minimum atomic E-state index is -3.16. The molecule has 0 aliphatic heterocycles. The van der Waals surface area contributed by atoms with E-state index in [4.69, 9.17) is 4.74 Å². The van der Waals surface area contributed by atoms with E-state index < -0.39 is 9.84 Å². The number of hydrogen-bond acceptors (Lipinski definition) is 4. The predicted molar refractivity (Wildman–Crippen MR) is 125 cm³/mol. The number of ether oxygens (including phenoxy) is 1. The smallest absolute Gasteiger partial charge is 0.191 e. The van der Waals surface area contributed by atoms with Gasteiger partial charge in [0.05, 0.1) is 11.0 Å². The maximum Gasteiger partial charge on any atom is 0.191 e. The summed E-state index contributed by atoms with van der Waals surface area (Å²) in [5.74, 6) is 0.758. The van der Waals surface area contributed by atoms with Crippen molar-refractivity contribution in [1.29, 1.82) is 0 Å². The number of benzene rings is 1. The quantitative estimate of drug-likeness (QED) is 0.311. The molecule has 0 bridgehead atoms. The first-order chi connectivity index (χ1) is 12.8. The SMILES string of the molecule is CCOC1CC(NC(=NC)NCc2ccc(S(C)(=O)=O)cc2)C1(CC)CC.I. The Labute approximate surface area is 186 Å². The van der Waals surface area contributed by atoms with Gasteiger partial charge in [-0.2, -0.15) is 0 Å². The van der Waals surface area contributed by atoms with Gasteiger partial charge in [0.25, 0.3) is 0 Å². The number of halogens is 1. The van der Waals surface area contributed by atoms with Crippen molar-refractivity contribution in [1.82, 2.24) is 10.6 Å². The first-order valence-electron chi connectivity index (χ1n) is 9.68. The molecule has 8 heteroatoms. The second kappa shape index (κ2) is 10.8. The van der Waals surface area contributed by atoms with E-state index in [0.717, 1.165) is 37.4 Å². The van der Waals surface area contributed by atoms with Gasteiger partial charge >= 0.3 is 0 Å². The molecule has 1 saturated carbocycles. The molecule has 1 aliphatic rings. The predicted octanol–water partition coefficient (Wildman–Crippen LogP) is 3.36. The fourth-order valence-corrected chi connectivity index (χ4v) is 4.61. The molecule has 0 amide bonds. The van der Waals surface area contributed by atoms with Crippen LogP contribution in [0.1, 0.15) is 45.6 Å². The Morgan fingerprint density at radius 3 is 2.29 bits per heavy atom. The summed E-state index contributed by atoms with van der Waals surface area (Å²) in [5.41, 5.74) is 1.15. The Balaban J connectivity index is 0.00000392. The van der Waals surface area contributed by atoms with Gasteiger partial charge in [0.15, 0.2) is 15.8 Å². The highest BCUT2D eigenvalue weighted by Crippen LogP contribution is 2.48. The van der Waals surface area contributed by atoms with Crippen LogP contribution in [0, 0.1) is 5.41 Å². The number of rotatable bonds is 8. The van der Waals surface area contributed by atoms with Crippen molar-refractivity contribution in [3.63, 3.8) is 0 Å². The fraction of sp³-hybridized carbons (Fsp3) is 0.650.